The predicted octanol–water partition coefficient (Wildman–Crippen LogP) is 0.411. The van der Waals surface area contributed by atoms with Crippen LogP contribution in [0.15, 0.2) is 0 Å². The zero-order valence-electron chi connectivity index (χ0n) is 10.5. The number of aliphatic carboxylic acids is 1. The maximum Gasteiger partial charge on any atom is 0.307 e. The highest BCUT2D eigenvalue weighted by Crippen LogP contribution is 2.04. The van der Waals surface area contributed by atoms with Gasteiger partial charge in [0, 0.05) is 20.1 Å². The van der Waals surface area contributed by atoms with E-state index in [4.69, 9.17) is 5.11 Å². The standard InChI is InChI=1S/C11H22N2O3/c1-8(2)5-13(7-10(14)12-4)6-9(3)11(15)16/h8-9H,5-7H2,1-4H3,(H,12,14)(H,15,16). The van der Waals surface area contributed by atoms with Crippen LogP contribution < -0.4 is 5.32 Å². The van der Waals surface area contributed by atoms with Crippen molar-refractivity contribution < 1.29 is 14.7 Å². The third-order valence-electron chi connectivity index (χ3n) is 2.22. The molecule has 0 radical (unpaired) electrons. The number of carboxylic acid groups (broad SMARTS) is 1. The fourth-order valence-corrected chi connectivity index (χ4v) is 1.47. The quantitative estimate of drug-likeness (QED) is 0.664. The fourth-order valence-electron chi connectivity index (χ4n) is 1.47. The first-order valence-corrected chi connectivity index (χ1v) is 5.52. The van der Waals surface area contributed by atoms with Crippen LogP contribution in [0.1, 0.15) is 20.8 Å². The minimum Gasteiger partial charge on any atom is -0.481 e. The molecule has 2 N–H and O–H groups in total. The van der Waals surface area contributed by atoms with Crippen LogP contribution in [0.2, 0.25) is 0 Å². The summed E-state index contributed by atoms with van der Waals surface area (Å²) in [4.78, 5) is 23.9. The summed E-state index contributed by atoms with van der Waals surface area (Å²) in [6.07, 6.45) is 0. The summed E-state index contributed by atoms with van der Waals surface area (Å²) < 4.78 is 0. The first kappa shape index (κ1) is 14.9. The van der Waals surface area contributed by atoms with Gasteiger partial charge in [-0.25, -0.2) is 0 Å². The van der Waals surface area contributed by atoms with Crippen LogP contribution in [0.5, 0.6) is 0 Å². The highest BCUT2D eigenvalue weighted by atomic mass is 16.4. The molecule has 5 heteroatoms. The molecule has 94 valence electrons. The molecule has 0 saturated heterocycles. The van der Waals surface area contributed by atoms with Gasteiger partial charge >= 0.3 is 5.97 Å². The van der Waals surface area contributed by atoms with E-state index in [1.54, 1.807) is 14.0 Å². The first-order chi connectivity index (χ1) is 7.36. The first-order valence-electron chi connectivity index (χ1n) is 5.52. The van der Waals surface area contributed by atoms with Gasteiger partial charge in [-0.2, -0.15) is 0 Å². The van der Waals surface area contributed by atoms with Gasteiger partial charge < -0.3 is 10.4 Å². The van der Waals surface area contributed by atoms with Crippen molar-refractivity contribution in [2.75, 3.05) is 26.7 Å². The number of carbonyl (C=O) groups is 2. The molecule has 0 fully saturated rings. The van der Waals surface area contributed by atoms with Crippen LogP contribution in [0.4, 0.5) is 0 Å². The summed E-state index contributed by atoms with van der Waals surface area (Å²) in [6, 6.07) is 0. The number of likely N-dealkylation sites (N-methyl/N-ethyl adjacent to an activating group) is 1. The zero-order chi connectivity index (χ0) is 12.7. The largest absolute Gasteiger partial charge is 0.481 e. The van der Waals surface area contributed by atoms with E-state index in [0.717, 1.165) is 6.54 Å². The Labute approximate surface area is 96.8 Å². The number of amides is 1. The van der Waals surface area contributed by atoms with E-state index < -0.39 is 11.9 Å². The van der Waals surface area contributed by atoms with Crippen molar-refractivity contribution in [3.05, 3.63) is 0 Å². The van der Waals surface area contributed by atoms with E-state index in [2.05, 4.69) is 5.32 Å². The molecule has 0 aliphatic rings. The average Bonchev–Trinajstić information content (AvgIpc) is 2.16. The third kappa shape index (κ3) is 6.40. The SMILES string of the molecule is CNC(=O)CN(CC(C)C)CC(C)C(=O)O. The second-order valence-corrected chi connectivity index (χ2v) is 4.50. The molecular weight excluding hydrogens is 208 g/mol. The van der Waals surface area contributed by atoms with Crippen LogP contribution in [0.3, 0.4) is 0 Å². The Balaban J connectivity index is 4.30. The summed E-state index contributed by atoms with van der Waals surface area (Å²) in [5.74, 6) is -0.960. The van der Waals surface area contributed by atoms with Crippen LogP contribution in [-0.4, -0.2) is 48.6 Å². The van der Waals surface area contributed by atoms with Gasteiger partial charge in [0.2, 0.25) is 5.91 Å². The average molecular weight is 230 g/mol. The van der Waals surface area contributed by atoms with E-state index in [-0.39, 0.29) is 12.5 Å². The molecule has 0 rings (SSSR count). The van der Waals surface area contributed by atoms with Gasteiger partial charge in [-0.15, -0.1) is 0 Å². The monoisotopic (exact) mass is 230 g/mol. The van der Waals surface area contributed by atoms with Crippen molar-refractivity contribution in [1.82, 2.24) is 10.2 Å². The molecule has 1 atom stereocenters. The summed E-state index contributed by atoms with van der Waals surface area (Å²) in [5.41, 5.74) is 0. The topological polar surface area (TPSA) is 69.6 Å². The zero-order valence-corrected chi connectivity index (χ0v) is 10.5. The molecule has 0 aromatic rings. The minimum absolute atomic E-state index is 0.0850. The van der Waals surface area contributed by atoms with Gasteiger partial charge in [0.1, 0.15) is 0 Å². The Kier molecular flexibility index (Phi) is 6.72. The lowest BCUT2D eigenvalue weighted by molar-refractivity contribution is -0.142. The lowest BCUT2D eigenvalue weighted by Crippen LogP contribution is -2.41. The van der Waals surface area contributed by atoms with Crippen LogP contribution in [-0.2, 0) is 9.59 Å². The lowest BCUT2D eigenvalue weighted by Gasteiger charge is -2.24. The highest BCUT2D eigenvalue weighted by molar-refractivity contribution is 5.77. The van der Waals surface area contributed by atoms with Gasteiger partial charge in [0.25, 0.3) is 0 Å². The molecule has 0 aliphatic carbocycles. The molecule has 0 aliphatic heterocycles. The molecule has 1 unspecified atom stereocenters. The van der Waals surface area contributed by atoms with E-state index in [1.807, 2.05) is 18.7 Å². The van der Waals surface area contributed by atoms with Crippen LogP contribution in [0.25, 0.3) is 0 Å². The van der Waals surface area contributed by atoms with Crippen molar-refractivity contribution in [2.45, 2.75) is 20.8 Å². The normalized spacial score (nSPS) is 12.9. The van der Waals surface area contributed by atoms with E-state index in [9.17, 15) is 9.59 Å². The third-order valence-corrected chi connectivity index (χ3v) is 2.22. The summed E-state index contributed by atoms with van der Waals surface area (Å²) in [7, 11) is 1.58. The number of hydrogen-bond acceptors (Lipinski definition) is 3. The smallest absolute Gasteiger partial charge is 0.307 e. The van der Waals surface area contributed by atoms with E-state index >= 15 is 0 Å². The Morgan fingerprint density at radius 3 is 2.19 bits per heavy atom. The lowest BCUT2D eigenvalue weighted by atomic mass is 10.1. The van der Waals surface area contributed by atoms with Crippen LogP contribution in [0, 0.1) is 11.8 Å². The predicted molar refractivity (Wildman–Crippen MR) is 62.1 cm³/mol. The van der Waals surface area contributed by atoms with Crippen molar-refractivity contribution in [3.8, 4) is 0 Å². The molecule has 0 saturated carbocycles. The van der Waals surface area contributed by atoms with Gasteiger partial charge in [-0.1, -0.05) is 20.8 Å². The van der Waals surface area contributed by atoms with Crippen molar-refractivity contribution in [3.63, 3.8) is 0 Å². The molecule has 0 heterocycles. The maximum absolute atomic E-state index is 11.3. The molecule has 0 spiro atoms. The number of carbonyl (C=O) groups excluding carboxylic acids is 1. The Morgan fingerprint density at radius 1 is 1.25 bits per heavy atom. The summed E-state index contributed by atoms with van der Waals surface area (Å²) >= 11 is 0. The van der Waals surface area contributed by atoms with Gasteiger partial charge in [-0.05, 0) is 5.92 Å². The second kappa shape index (κ2) is 7.22. The number of nitrogens with one attached hydrogen (secondary N) is 1. The Bertz CT molecular complexity index is 241. The summed E-state index contributed by atoms with van der Waals surface area (Å²) in [5, 5.41) is 11.4. The van der Waals surface area contributed by atoms with Crippen LogP contribution >= 0.6 is 0 Å². The molecule has 0 bridgehead atoms. The van der Waals surface area contributed by atoms with E-state index in [0.29, 0.717) is 12.5 Å². The molecule has 1 amide bonds. The Morgan fingerprint density at radius 2 is 1.81 bits per heavy atom. The van der Waals surface area contributed by atoms with Gasteiger partial charge in [0.05, 0.1) is 12.5 Å². The highest BCUT2D eigenvalue weighted by Gasteiger charge is 2.18. The molecule has 0 aromatic heterocycles. The van der Waals surface area contributed by atoms with E-state index in [1.165, 1.54) is 0 Å². The number of nitrogens with zero attached hydrogens (tertiary/aromatic N) is 1. The minimum atomic E-state index is -0.828. The van der Waals surface area contributed by atoms with Crippen molar-refractivity contribution in [2.24, 2.45) is 11.8 Å². The number of hydrogen-bond donors (Lipinski definition) is 2. The fraction of sp³-hybridized carbons (Fsp3) is 0.818. The summed E-state index contributed by atoms with van der Waals surface area (Å²) in [6.45, 7) is 7.13. The van der Waals surface area contributed by atoms with Gasteiger partial charge in [0.15, 0.2) is 0 Å². The Hall–Kier alpha value is -1.10. The van der Waals surface area contributed by atoms with Crippen molar-refractivity contribution >= 4 is 11.9 Å². The van der Waals surface area contributed by atoms with Crippen molar-refractivity contribution in [1.29, 1.82) is 0 Å². The molecular formula is C11H22N2O3. The maximum atomic E-state index is 11.3. The number of carboxylic acids is 1. The van der Waals surface area contributed by atoms with Gasteiger partial charge in [-0.3, -0.25) is 14.5 Å². The number of rotatable bonds is 7. The molecule has 5 nitrogen and oxygen atoms in total. The molecule has 16 heavy (non-hydrogen) atoms. The molecule has 0 aromatic carbocycles. The second-order valence-electron chi connectivity index (χ2n) is 4.50.